The Morgan fingerprint density at radius 2 is 1.61 bits per heavy atom. The van der Waals surface area contributed by atoms with Gasteiger partial charge in [-0.3, -0.25) is 14.6 Å². The number of imide groups is 1. The van der Waals surface area contributed by atoms with Crippen LogP contribution in [0.25, 0.3) is 22.1 Å². The molecule has 0 fully saturated rings. The molecule has 1 aliphatic rings. The fourth-order valence-corrected chi connectivity index (χ4v) is 3.18. The number of furan rings is 2. The number of nitrogens with zero attached hydrogens (tertiary/aromatic N) is 2. The van der Waals surface area contributed by atoms with Crippen LogP contribution in [0.5, 0.6) is 0 Å². The van der Waals surface area contributed by atoms with Gasteiger partial charge in [-0.2, -0.15) is 0 Å². The van der Waals surface area contributed by atoms with E-state index in [1.54, 1.807) is 18.2 Å². The standard InChI is InChI=1S/C18H10N2O3/c1-9-2-3-10-8-11(4-5-12(10)19-9)20-17(21)15-13-6-7-14(23-13)16(15)18(20)22/h2-8H,1H3. The Labute approximate surface area is 130 Å². The van der Waals surface area contributed by atoms with Crippen molar-refractivity contribution >= 4 is 39.6 Å². The Balaban J connectivity index is 1.68. The van der Waals surface area contributed by atoms with Gasteiger partial charge in [0.1, 0.15) is 11.2 Å². The number of rotatable bonds is 1. The maximum absolute atomic E-state index is 12.7. The molecule has 1 aliphatic heterocycles. The minimum Gasteiger partial charge on any atom is -0.456 e. The molecule has 5 nitrogen and oxygen atoms in total. The van der Waals surface area contributed by atoms with E-state index in [1.807, 2.05) is 31.2 Å². The van der Waals surface area contributed by atoms with Gasteiger partial charge in [0.25, 0.3) is 11.8 Å². The lowest BCUT2D eigenvalue weighted by Crippen LogP contribution is -2.29. The summed E-state index contributed by atoms with van der Waals surface area (Å²) in [6.45, 7) is 1.92. The molecule has 0 aliphatic carbocycles. The molecule has 2 amide bonds. The molecule has 1 aromatic carbocycles. The van der Waals surface area contributed by atoms with Crippen LogP contribution >= 0.6 is 0 Å². The number of carbonyl (C=O) groups is 2. The minimum atomic E-state index is -0.334. The molecule has 4 aromatic rings. The fourth-order valence-electron chi connectivity index (χ4n) is 3.18. The molecule has 0 unspecified atom stereocenters. The van der Waals surface area contributed by atoms with Gasteiger partial charge in [-0.05, 0) is 43.3 Å². The number of amides is 2. The molecule has 2 bridgehead atoms. The molecule has 5 rings (SSSR count). The molecule has 3 aromatic heterocycles. The van der Waals surface area contributed by atoms with Crippen molar-refractivity contribution in [3.63, 3.8) is 0 Å². The van der Waals surface area contributed by atoms with Gasteiger partial charge in [0.15, 0.2) is 0 Å². The van der Waals surface area contributed by atoms with Crippen molar-refractivity contribution in [2.24, 2.45) is 0 Å². The van der Waals surface area contributed by atoms with Crippen LogP contribution in [0, 0.1) is 6.92 Å². The van der Waals surface area contributed by atoms with Crippen LogP contribution in [0.3, 0.4) is 0 Å². The molecule has 110 valence electrons. The second-order valence-electron chi connectivity index (χ2n) is 5.69. The van der Waals surface area contributed by atoms with E-state index in [9.17, 15) is 9.59 Å². The van der Waals surface area contributed by atoms with Crippen molar-refractivity contribution in [3.05, 3.63) is 59.3 Å². The molecule has 0 saturated carbocycles. The smallest absolute Gasteiger partial charge is 0.270 e. The SMILES string of the molecule is Cc1ccc2cc(N3C(=O)c4c(c5ccc4o5)C3=O)ccc2n1. The van der Waals surface area contributed by atoms with Crippen LogP contribution < -0.4 is 4.90 Å². The molecule has 0 spiro atoms. The van der Waals surface area contributed by atoms with Gasteiger partial charge in [0.2, 0.25) is 0 Å². The van der Waals surface area contributed by atoms with E-state index < -0.39 is 0 Å². The first-order valence-electron chi connectivity index (χ1n) is 7.24. The predicted molar refractivity (Wildman–Crippen MR) is 85.0 cm³/mol. The van der Waals surface area contributed by atoms with Crippen molar-refractivity contribution in [2.75, 3.05) is 4.90 Å². The quantitative estimate of drug-likeness (QED) is 0.505. The topological polar surface area (TPSA) is 63.4 Å². The number of aromatic nitrogens is 1. The van der Waals surface area contributed by atoms with Crippen LogP contribution in [0.15, 0.2) is 46.9 Å². The van der Waals surface area contributed by atoms with E-state index in [2.05, 4.69) is 4.98 Å². The molecular formula is C18H10N2O3. The van der Waals surface area contributed by atoms with E-state index in [0.29, 0.717) is 28.0 Å². The highest BCUT2D eigenvalue weighted by molar-refractivity contribution is 6.39. The summed E-state index contributed by atoms with van der Waals surface area (Å²) >= 11 is 0. The molecular weight excluding hydrogens is 292 g/mol. The Morgan fingerprint density at radius 1 is 0.913 bits per heavy atom. The lowest BCUT2D eigenvalue weighted by atomic mass is 10.1. The summed E-state index contributed by atoms with van der Waals surface area (Å²) < 4.78 is 5.42. The predicted octanol–water partition coefficient (Wildman–Crippen LogP) is 3.53. The monoisotopic (exact) mass is 302 g/mol. The molecule has 0 radical (unpaired) electrons. The summed E-state index contributed by atoms with van der Waals surface area (Å²) in [6, 6.07) is 12.7. The Bertz CT molecular complexity index is 1080. The number of aryl methyl sites for hydroxylation is 1. The second-order valence-corrected chi connectivity index (χ2v) is 5.69. The molecule has 0 N–H and O–H groups in total. The average molecular weight is 302 g/mol. The first-order valence-corrected chi connectivity index (χ1v) is 7.24. The Hall–Kier alpha value is -3.21. The lowest BCUT2D eigenvalue weighted by molar-refractivity contribution is 0.0926. The zero-order valence-corrected chi connectivity index (χ0v) is 12.2. The van der Waals surface area contributed by atoms with E-state index in [4.69, 9.17) is 4.42 Å². The number of anilines is 1. The van der Waals surface area contributed by atoms with E-state index in [-0.39, 0.29) is 11.8 Å². The maximum atomic E-state index is 12.7. The van der Waals surface area contributed by atoms with E-state index in [1.165, 1.54) is 4.90 Å². The first kappa shape index (κ1) is 12.3. The Morgan fingerprint density at radius 3 is 2.30 bits per heavy atom. The average Bonchev–Trinajstić information content (AvgIpc) is 3.21. The van der Waals surface area contributed by atoms with Crippen LogP contribution in [0.4, 0.5) is 5.69 Å². The maximum Gasteiger partial charge on any atom is 0.270 e. The minimum absolute atomic E-state index is 0.334. The molecule has 0 atom stereocenters. The number of benzene rings is 2. The third kappa shape index (κ3) is 1.48. The first-order chi connectivity index (χ1) is 11.1. The zero-order valence-electron chi connectivity index (χ0n) is 12.2. The lowest BCUT2D eigenvalue weighted by Gasteiger charge is -2.14. The van der Waals surface area contributed by atoms with Crippen molar-refractivity contribution in [1.82, 2.24) is 4.98 Å². The second kappa shape index (κ2) is 3.95. The summed E-state index contributed by atoms with van der Waals surface area (Å²) in [5.41, 5.74) is 3.98. The van der Waals surface area contributed by atoms with Crippen LogP contribution in [0.2, 0.25) is 0 Å². The normalized spacial score (nSPS) is 14.4. The van der Waals surface area contributed by atoms with E-state index >= 15 is 0 Å². The summed E-state index contributed by atoms with van der Waals surface area (Å²) in [7, 11) is 0. The largest absolute Gasteiger partial charge is 0.456 e. The van der Waals surface area contributed by atoms with Crippen molar-refractivity contribution in [3.8, 4) is 0 Å². The molecule has 5 heteroatoms. The van der Waals surface area contributed by atoms with Gasteiger partial charge in [-0.25, -0.2) is 4.90 Å². The summed E-state index contributed by atoms with van der Waals surface area (Å²) in [5, 5.41) is 0.887. The molecule has 0 saturated heterocycles. The van der Waals surface area contributed by atoms with Gasteiger partial charge in [-0.1, -0.05) is 6.07 Å². The highest BCUT2D eigenvalue weighted by atomic mass is 16.3. The molecule has 4 heterocycles. The van der Waals surface area contributed by atoms with Gasteiger partial charge in [0.05, 0.1) is 22.3 Å². The Kier molecular flexibility index (Phi) is 2.12. The van der Waals surface area contributed by atoms with Crippen LogP contribution in [-0.2, 0) is 0 Å². The van der Waals surface area contributed by atoms with Crippen LogP contribution in [0.1, 0.15) is 26.4 Å². The number of hydrogen-bond acceptors (Lipinski definition) is 4. The number of fused-ring (bicyclic) bond motifs is 6. The third-order valence-corrected chi connectivity index (χ3v) is 4.25. The third-order valence-electron chi connectivity index (χ3n) is 4.25. The van der Waals surface area contributed by atoms with Crippen molar-refractivity contribution in [1.29, 1.82) is 0 Å². The number of pyridine rings is 1. The number of carbonyl (C=O) groups excluding carboxylic acids is 2. The van der Waals surface area contributed by atoms with Crippen LogP contribution in [-0.4, -0.2) is 16.8 Å². The number of hydrogen-bond donors (Lipinski definition) is 0. The highest BCUT2D eigenvalue weighted by Gasteiger charge is 2.42. The van der Waals surface area contributed by atoms with Crippen molar-refractivity contribution in [2.45, 2.75) is 6.92 Å². The fraction of sp³-hybridized carbons (Fsp3) is 0.0556. The van der Waals surface area contributed by atoms with Crippen molar-refractivity contribution < 1.29 is 14.0 Å². The zero-order chi connectivity index (χ0) is 15.7. The van der Waals surface area contributed by atoms with Gasteiger partial charge < -0.3 is 4.42 Å². The highest BCUT2D eigenvalue weighted by Crippen LogP contribution is 2.38. The summed E-state index contributed by atoms with van der Waals surface area (Å²) in [4.78, 5) is 31.0. The van der Waals surface area contributed by atoms with Gasteiger partial charge >= 0.3 is 0 Å². The van der Waals surface area contributed by atoms with Gasteiger partial charge in [0, 0.05) is 11.1 Å². The molecule has 23 heavy (non-hydrogen) atoms. The summed E-state index contributed by atoms with van der Waals surface area (Å²) in [5.74, 6) is -0.669. The summed E-state index contributed by atoms with van der Waals surface area (Å²) in [6.07, 6.45) is 0. The van der Waals surface area contributed by atoms with E-state index in [0.717, 1.165) is 16.6 Å². The van der Waals surface area contributed by atoms with Gasteiger partial charge in [-0.15, -0.1) is 0 Å².